The molecule has 1 N–H and O–H groups in total. The van der Waals surface area contributed by atoms with E-state index in [2.05, 4.69) is 0 Å². The van der Waals surface area contributed by atoms with Crippen molar-refractivity contribution in [3.8, 4) is 5.75 Å². The smallest absolute Gasteiger partial charge is 0.347 e. The molecule has 0 aliphatic carbocycles. The van der Waals surface area contributed by atoms with Crippen molar-refractivity contribution in [2.24, 2.45) is 0 Å². The molecule has 0 aliphatic heterocycles. The first-order chi connectivity index (χ1) is 10.9. The van der Waals surface area contributed by atoms with Crippen LogP contribution in [0.15, 0.2) is 54.6 Å². The van der Waals surface area contributed by atoms with Gasteiger partial charge in [0.2, 0.25) is 0 Å². The van der Waals surface area contributed by atoms with Gasteiger partial charge in [-0.2, -0.15) is 0 Å². The Kier molecular flexibility index (Phi) is 5.16. The molecule has 2 rings (SSSR count). The summed E-state index contributed by atoms with van der Waals surface area (Å²) in [6.45, 7) is 3.00. The molecule has 0 bridgehead atoms. The summed E-state index contributed by atoms with van der Waals surface area (Å²) in [5.74, 6) is -0.413. The Labute approximate surface area is 135 Å². The van der Waals surface area contributed by atoms with Crippen LogP contribution in [-0.2, 0) is 11.2 Å². The third-order valence-electron chi connectivity index (χ3n) is 3.55. The molecule has 2 aromatic carbocycles. The third kappa shape index (κ3) is 4.68. The van der Waals surface area contributed by atoms with Crippen LogP contribution in [-0.4, -0.2) is 22.5 Å². The topological polar surface area (TPSA) is 63.6 Å². The van der Waals surface area contributed by atoms with Gasteiger partial charge in [-0.3, -0.25) is 4.79 Å². The summed E-state index contributed by atoms with van der Waals surface area (Å²) >= 11 is 0. The molecule has 0 fully saturated rings. The summed E-state index contributed by atoms with van der Waals surface area (Å²) in [4.78, 5) is 23.1. The van der Waals surface area contributed by atoms with Crippen molar-refractivity contribution in [1.29, 1.82) is 0 Å². The fraction of sp³-hybridized carbons (Fsp3) is 0.263. The van der Waals surface area contributed by atoms with Crippen molar-refractivity contribution in [3.05, 3.63) is 65.7 Å². The van der Waals surface area contributed by atoms with E-state index in [0.717, 1.165) is 11.1 Å². The zero-order valence-electron chi connectivity index (χ0n) is 13.3. The van der Waals surface area contributed by atoms with E-state index >= 15 is 0 Å². The summed E-state index contributed by atoms with van der Waals surface area (Å²) in [5.41, 5.74) is 0.454. The molecule has 0 atom stereocenters. The Hall–Kier alpha value is -2.62. The summed E-state index contributed by atoms with van der Waals surface area (Å²) in [6.07, 6.45) is 1.07. The fourth-order valence-corrected chi connectivity index (χ4v) is 2.09. The highest BCUT2D eigenvalue weighted by Crippen LogP contribution is 2.20. The Morgan fingerprint density at radius 2 is 1.61 bits per heavy atom. The molecule has 0 aliphatic rings. The van der Waals surface area contributed by atoms with Gasteiger partial charge < -0.3 is 9.84 Å². The van der Waals surface area contributed by atoms with E-state index in [-0.39, 0.29) is 5.78 Å². The van der Waals surface area contributed by atoms with Crippen LogP contribution in [0.4, 0.5) is 0 Å². The maximum Gasteiger partial charge on any atom is 0.347 e. The van der Waals surface area contributed by atoms with Crippen LogP contribution in [0.1, 0.15) is 36.2 Å². The predicted molar refractivity (Wildman–Crippen MR) is 87.9 cm³/mol. The first kappa shape index (κ1) is 16.7. The maximum atomic E-state index is 12.1. The molecule has 4 heteroatoms. The minimum absolute atomic E-state index is 0.109. The number of hydrogen-bond acceptors (Lipinski definition) is 3. The minimum atomic E-state index is -1.27. The van der Waals surface area contributed by atoms with Crippen LogP contribution in [0.5, 0.6) is 5.75 Å². The standard InChI is InChI=1S/C19H20O4/c1-19(2,18(21)22)23-16-11-8-14(9-12-16)10-13-17(20)15-6-4-3-5-7-15/h3-9,11-12H,10,13H2,1-2H3,(H,21,22). The van der Waals surface area contributed by atoms with Gasteiger partial charge in [0.05, 0.1) is 0 Å². The third-order valence-corrected chi connectivity index (χ3v) is 3.55. The molecule has 120 valence electrons. The van der Waals surface area contributed by atoms with E-state index in [9.17, 15) is 9.59 Å². The Morgan fingerprint density at radius 3 is 2.17 bits per heavy atom. The summed E-state index contributed by atoms with van der Waals surface area (Å²) in [7, 11) is 0. The molecule has 0 aromatic heterocycles. The van der Waals surface area contributed by atoms with Crippen LogP contribution in [0.3, 0.4) is 0 Å². The number of carboxylic acids is 1. The predicted octanol–water partition coefficient (Wildman–Crippen LogP) is 3.74. The van der Waals surface area contributed by atoms with Crippen LogP contribution < -0.4 is 4.74 Å². The van der Waals surface area contributed by atoms with E-state index < -0.39 is 11.6 Å². The number of hydrogen-bond donors (Lipinski definition) is 1. The maximum absolute atomic E-state index is 12.1. The number of ether oxygens (including phenoxy) is 1. The van der Waals surface area contributed by atoms with Gasteiger partial charge in [0, 0.05) is 12.0 Å². The SMILES string of the molecule is CC(C)(Oc1ccc(CCC(=O)c2ccccc2)cc1)C(=O)O. The molecule has 0 radical (unpaired) electrons. The molecular weight excluding hydrogens is 292 g/mol. The van der Waals surface area contributed by atoms with Gasteiger partial charge in [0.1, 0.15) is 5.75 Å². The normalized spacial score (nSPS) is 11.0. The van der Waals surface area contributed by atoms with Gasteiger partial charge in [0.25, 0.3) is 0 Å². The van der Waals surface area contributed by atoms with Gasteiger partial charge in [-0.25, -0.2) is 4.79 Å². The van der Waals surface area contributed by atoms with E-state index in [0.29, 0.717) is 18.6 Å². The summed E-state index contributed by atoms with van der Waals surface area (Å²) < 4.78 is 5.45. The molecule has 2 aromatic rings. The van der Waals surface area contributed by atoms with Gasteiger partial charge in [-0.15, -0.1) is 0 Å². The zero-order valence-corrected chi connectivity index (χ0v) is 13.3. The lowest BCUT2D eigenvalue weighted by molar-refractivity contribution is -0.152. The lowest BCUT2D eigenvalue weighted by Gasteiger charge is -2.21. The number of benzene rings is 2. The highest BCUT2D eigenvalue weighted by atomic mass is 16.5. The summed E-state index contributed by atoms with van der Waals surface area (Å²) in [5, 5.41) is 9.05. The number of Topliss-reactive ketones (excluding diaryl/α,β-unsaturated/α-hetero) is 1. The van der Waals surface area contributed by atoms with E-state index in [1.54, 1.807) is 12.1 Å². The van der Waals surface area contributed by atoms with Crippen LogP contribution in [0.2, 0.25) is 0 Å². The Bertz CT molecular complexity index is 672. The molecule has 4 nitrogen and oxygen atoms in total. The average molecular weight is 312 g/mol. The zero-order chi connectivity index (χ0) is 16.9. The van der Waals surface area contributed by atoms with Crippen molar-refractivity contribution >= 4 is 11.8 Å². The van der Waals surface area contributed by atoms with Crippen molar-refractivity contribution in [1.82, 2.24) is 0 Å². The monoisotopic (exact) mass is 312 g/mol. The Morgan fingerprint density at radius 1 is 1.00 bits per heavy atom. The van der Waals surface area contributed by atoms with Crippen LogP contribution >= 0.6 is 0 Å². The molecule has 0 heterocycles. The van der Waals surface area contributed by atoms with Crippen molar-refractivity contribution in [2.45, 2.75) is 32.3 Å². The lowest BCUT2D eigenvalue weighted by Crippen LogP contribution is -2.37. The summed E-state index contributed by atoms with van der Waals surface area (Å²) in [6, 6.07) is 16.4. The number of ketones is 1. The van der Waals surface area contributed by atoms with Crippen LogP contribution in [0, 0.1) is 0 Å². The second kappa shape index (κ2) is 7.09. The Balaban J connectivity index is 1.93. The van der Waals surface area contributed by atoms with Crippen molar-refractivity contribution in [3.63, 3.8) is 0 Å². The molecule has 0 spiro atoms. The first-order valence-corrected chi connectivity index (χ1v) is 7.48. The number of aliphatic carboxylic acids is 1. The van der Waals surface area contributed by atoms with E-state index in [4.69, 9.17) is 9.84 Å². The molecule has 23 heavy (non-hydrogen) atoms. The van der Waals surface area contributed by atoms with Crippen molar-refractivity contribution < 1.29 is 19.4 Å². The van der Waals surface area contributed by atoms with Crippen molar-refractivity contribution in [2.75, 3.05) is 0 Å². The first-order valence-electron chi connectivity index (χ1n) is 7.48. The van der Waals surface area contributed by atoms with Gasteiger partial charge in [0.15, 0.2) is 11.4 Å². The lowest BCUT2D eigenvalue weighted by atomic mass is 10.0. The molecule has 0 amide bonds. The molecule has 0 saturated carbocycles. The minimum Gasteiger partial charge on any atom is -0.478 e. The number of carbonyl (C=O) groups is 2. The van der Waals surface area contributed by atoms with Gasteiger partial charge in [-0.1, -0.05) is 42.5 Å². The second-order valence-electron chi connectivity index (χ2n) is 5.85. The highest BCUT2D eigenvalue weighted by Gasteiger charge is 2.29. The number of carbonyl (C=O) groups excluding carboxylic acids is 1. The van der Waals surface area contributed by atoms with Gasteiger partial charge in [-0.05, 0) is 38.0 Å². The number of aryl methyl sites for hydroxylation is 1. The fourth-order valence-electron chi connectivity index (χ4n) is 2.09. The quantitative estimate of drug-likeness (QED) is 0.791. The number of carboxylic acid groups (broad SMARTS) is 1. The van der Waals surface area contributed by atoms with E-state index in [1.807, 2.05) is 42.5 Å². The van der Waals surface area contributed by atoms with E-state index in [1.165, 1.54) is 13.8 Å². The number of rotatable bonds is 7. The highest BCUT2D eigenvalue weighted by molar-refractivity contribution is 5.96. The molecule has 0 unspecified atom stereocenters. The van der Waals surface area contributed by atoms with Gasteiger partial charge >= 0.3 is 5.97 Å². The second-order valence-corrected chi connectivity index (χ2v) is 5.85. The largest absolute Gasteiger partial charge is 0.478 e. The molecule has 0 saturated heterocycles. The molecular formula is C19H20O4. The average Bonchev–Trinajstić information content (AvgIpc) is 2.54. The van der Waals surface area contributed by atoms with Crippen LogP contribution in [0.25, 0.3) is 0 Å².